The van der Waals surface area contributed by atoms with Gasteiger partial charge in [-0.1, -0.05) is 12.1 Å². The Balaban J connectivity index is 1.94. The summed E-state index contributed by atoms with van der Waals surface area (Å²) in [5.74, 6) is 1.73. The van der Waals surface area contributed by atoms with Crippen molar-refractivity contribution in [1.29, 1.82) is 0 Å². The van der Waals surface area contributed by atoms with E-state index >= 15 is 0 Å². The van der Waals surface area contributed by atoms with Gasteiger partial charge in [0.1, 0.15) is 5.75 Å². The molecule has 1 aromatic heterocycles. The van der Waals surface area contributed by atoms with E-state index in [0.29, 0.717) is 5.01 Å². The largest absolute Gasteiger partial charge is 0.497 e. The van der Waals surface area contributed by atoms with Crippen molar-refractivity contribution in [2.45, 2.75) is 9.96 Å². The standard InChI is InChI=1S/C12H11NO2S2/c1-15-10-4-2-9(3-5-10)8-16-12-6-13-11(7-14)17-12/h2-7H,8H2,1H3. The van der Waals surface area contributed by atoms with Gasteiger partial charge in [0.2, 0.25) is 0 Å². The molecule has 0 aliphatic rings. The minimum absolute atomic E-state index is 0.530. The SMILES string of the molecule is COc1ccc(CSc2cnc(C=O)s2)cc1. The molecular weight excluding hydrogens is 254 g/mol. The molecule has 0 radical (unpaired) electrons. The summed E-state index contributed by atoms with van der Waals surface area (Å²) in [7, 11) is 1.65. The molecule has 2 aromatic rings. The highest BCUT2D eigenvalue weighted by Gasteiger charge is 2.02. The molecule has 0 aliphatic heterocycles. The van der Waals surface area contributed by atoms with Gasteiger partial charge >= 0.3 is 0 Å². The molecule has 17 heavy (non-hydrogen) atoms. The zero-order valence-electron chi connectivity index (χ0n) is 9.25. The van der Waals surface area contributed by atoms with Gasteiger partial charge < -0.3 is 4.74 Å². The number of aromatic nitrogens is 1. The van der Waals surface area contributed by atoms with Crippen molar-refractivity contribution in [2.24, 2.45) is 0 Å². The molecular formula is C12H11NO2S2. The normalized spacial score (nSPS) is 10.2. The molecule has 0 spiro atoms. The quantitative estimate of drug-likeness (QED) is 0.614. The van der Waals surface area contributed by atoms with Crippen LogP contribution < -0.4 is 4.74 Å². The van der Waals surface area contributed by atoms with E-state index in [1.165, 1.54) is 16.9 Å². The number of nitrogens with zero attached hydrogens (tertiary/aromatic N) is 1. The molecule has 0 saturated carbocycles. The number of thioether (sulfide) groups is 1. The molecule has 1 aromatic carbocycles. The second-order valence-corrected chi connectivity index (χ2v) is 5.61. The maximum absolute atomic E-state index is 10.5. The number of rotatable bonds is 5. The first-order valence-electron chi connectivity index (χ1n) is 4.98. The van der Waals surface area contributed by atoms with Crippen LogP contribution in [0.4, 0.5) is 0 Å². The lowest BCUT2D eigenvalue weighted by atomic mass is 10.2. The van der Waals surface area contributed by atoms with Gasteiger partial charge in [0.05, 0.1) is 17.5 Å². The van der Waals surface area contributed by atoms with Gasteiger partial charge in [-0.2, -0.15) is 0 Å². The van der Waals surface area contributed by atoms with E-state index in [1.807, 2.05) is 24.3 Å². The van der Waals surface area contributed by atoms with Crippen molar-refractivity contribution in [3.8, 4) is 5.75 Å². The number of methoxy groups -OCH3 is 1. The monoisotopic (exact) mass is 265 g/mol. The van der Waals surface area contributed by atoms with Crippen LogP contribution in [0, 0.1) is 0 Å². The predicted molar refractivity (Wildman–Crippen MR) is 70.1 cm³/mol. The molecule has 0 unspecified atom stereocenters. The maximum Gasteiger partial charge on any atom is 0.178 e. The number of hydrogen-bond acceptors (Lipinski definition) is 5. The number of carbonyl (C=O) groups excluding carboxylic acids is 1. The maximum atomic E-state index is 10.5. The first kappa shape index (κ1) is 12.1. The minimum Gasteiger partial charge on any atom is -0.497 e. The third kappa shape index (κ3) is 3.31. The Kier molecular flexibility index (Phi) is 4.17. The highest BCUT2D eigenvalue weighted by atomic mass is 32.2. The summed E-state index contributed by atoms with van der Waals surface area (Å²) in [6, 6.07) is 7.96. The van der Waals surface area contributed by atoms with Crippen LogP contribution in [-0.2, 0) is 5.75 Å². The smallest absolute Gasteiger partial charge is 0.178 e. The van der Waals surface area contributed by atoms with Crippen molar-refractivity contribution in [3.63, 3.8) is 0 Å². The lowest BCUT2D eigenvalue weighted by Gasteiger charge is -2.01. The molecule has 3 nitrogen and oxygen atoms in total. The van der Waals surface area contributed by atoms with Gasteiger partial charge in [-0.25, -0.2) is 4.98 Å². The average molecular weight is 265 g/mol. The van der Waals surface area contributed by atoms with E-state index in [1.54, 1.807) is 25.1 Å². The summed E-state index contributed by atoms with van der Waals surface area (Å²) in [6.45, 7) is 0. The van der Waals surface area contributed by atoms with E-state index in [9.17, 15) is 4.79 Å². The summed E-state index contributed by atoms with van der Waals surface area (Å²) < 4.78 is 6.15. The van der Waals surface area contributed by atoms with Crippen LogP contribution in [0.1, 0.15) is 15.4 Å². The number of ether oxygens (including phenoxy) is 1. The molecule has 0 N–H and O–H groups in total. The van der Waals surface area contributed by atoms with Crippen LogP contribution in [0.5, 0.6) is 5.75 Å². The van der Waals surface area contributed by atoms with E-state index in [4.69, 9.17) is 4.74 Å². The van der Waals surface area contributed by atoms with Crippen molar-refractivity contribution in [2.75, 3.05) is 7.11 Å². The Morgan fingerprint density at radius 1 is 1.41 bits per heavy atom. The fourth-order valence-electron chi connectivity index (χ4n) is 1.27. The summed E-state index contributed by atoms with van der Waals surface area (Å²) >= 11 is 3.10. The molecule has 0 saturated heterocycles. The summed E-state index contributed by atoms with van der Waals surface area (Å²) in [5.41, 5.74) is 1.22. The van der Waals surface area contributed by atoms with Crippen LogP contribution in [0.15, 0.2) is 34.7 Å². The second kappa shape index (κ2) is 5.84. The van der Waals surface area contributed by atoms with E-state index < -0.39 is 0 Å². The molecule has 0 bridgehead atoms. The Morgan fingerprint density at radius 2 is 2.18 bits per heavy atom. The summed E-state index contributed by atoms with van der Waals surface area (Å²) in [4.78, 5) is 14.5. The first-order valence-corrected chi connectivity index (χ1v) is 6.79. The Bertz CT molecular complexity index is 493. The molecule has 1 heterocycles. The van der Waals surface area contributed by atoms with Crippen molar-refractivity contribution in [1.82, 2.24) is 4.98 Å². The summed E-state index contributed by atoms with van der Waals surface area (Å²) in [5, 5.41) is 0.530. The van der Waals surface area contributed by atoms with Crippen LogP contribution in [0.2, 0.25) is 0 Å². The van der Waals surface area contributed by atoms with Gasteiger partial charge in [-0.05, 0) is 17.7 Å². The van der Waals surface area contributed by atoms with Crippen LogP contribution in [-0.4, -0.2) is 18.4 Å². The van der Waals surface area contributed by atoms with E-state index in [0.717, 1.165) is 22.0 Å². The topological polar surface area (TPSA) is 39.2 Å². The van der Waals surface area contributed by atoms with Gasteiger partial charge in [-0.3, -0.25) is 4.79 Å². The number of thiazole rings is 1. The fraction of sp³-hybridized carbons (Fsp3) is 0.167. The third-order valence-corrected chi connectivity index (χ3v) is 4.33. The second-order valence-electron chi connectivity index (χ2n) is 3.27. The van der Waals surface area contributed by atoms with Gasteiger partial charge in [0.15, 0.2) is 11.3 Å². The van der Waals surface area contributed by atoms with Crippen LogP contribution >= 0.6 is 23.1 Å². The molecule has 0 atom stereocenters. The Labute approximate surface area is 108 Å². The van der Waals surface area contributed by atoms with Crippen LogP contribution in [0.3, 0.4) is 0 Å². The number of hydrogen-bond donors (Lipinski definition) is 0. The van der Waals surface area contributed by atoms with Crippen LogP contribution in [0.25, 0.3) is 0 Å². The number of aldehydes is 1. The Morgan fingerprint density at radius 3 is 2.76 bits per heavy atom. The fourth-order valence-corrected chi connectivity index (χ4v) is 3.03. The van der Waals surface area contributed by atoms with Gasteiger partial charge in [-0.15, -0.1) is 23.1 Å². The molecule has 0 fully saturated rings. The lowest BCUT2D eigenvalue weighted by molar-refractivity contribution is 0.112. The van der Waals surface area contributed by atoms with Crippen molar-refractivity contribution in [3.05, 3.63) is 41.0 Å². The number of benzene rings is 1. The van der Waals surface area contributed by atoms with Crippen molar-refractivity contribution >= 4 is 29.4 Å². The zero-order chi connectivity index (χ0) is 12.1. The minimum atomic E-state index is 0.530. The average Bonchev–Trinajstić information content (AvgIpc) is 2.85. The highest BCUT2D eigenvalue weighted by Crippen LogP contribution is 2.28. The van der Waals surface area contributed by atoms with Gasteiger partial charge in [0.25, 0.3) is 0 Å². The molecule has 0 amide bonds. The van der Waals surface area contributed by atoms with Crippen molar-refractivity contribution < 1.29 is 9.53 Å². The summed E-state index contributed by atoms with van der Waals surface area (Å²) in [6.07, 6.45) is 2.52. The molecule has 5 heteroatoms. The van der Waals surface area contributed by atoms with E-state index in [2.05, 4.69) is 4.98 Å². The Hall–Kier alpha value is -1.33. The zero-order valence-corrected chi connectivity index (χ0v) is 10.9. The number of carbonyl (C=O) groups is 1. The predicted octanol–water partition coefficient (Wildman–Crippen LogP) is 3.26. The molecule has 0 aliphatic carbocycles. The lowest BCUT2D eigenvalue weighted by Crippen LogP contribution is -1.83. The molecule has 88 valence electrons. The van der Waals surface area contributed by atoms with Gasteiger partial charge in [0, 0.05) is 5.75 Å². The first-order chi connectivity index (χ1) is 8.31. The molecule has 2 rings (SSSR count). The highest BCUT2D eigenvalue weighted by molar-refractivity contribution is 8.00. The van der Waals surface area contributed by atoms with E-state index in [-0.39, 0.29) is 0 Å². The third-order valence-electron chi connectivity index (χ3n) is 2.14.